The molecule has 2 aliphatic rings. The number of para-hydroxylation sites is 1. The van der Waals surface area contributed by atoms with Gasteiger partial charge in [0.15, 0.2) is 5.96 Å². The van der Waals surface area contributed by atoms with E-state index in [-0.39, 0.29) is 24.3 Å². The number of guanidine groups is 1. The van der Waals surface area contributed by atoms with Crippen molar-refractivity contribution in [2.75, 3.05) is 33.1 Å². The van der Waals surface area contributed by atoms with E-state index >= 15 is 0 Å². The first-order valence-corrected chi connectivity index (χ1v) is 13.6. The minimum atomic E-state index is -0.901. The van der Waals surface area contributed by atoms with Gasteiger partial charge in [-0.2, -0.15) is 0 Å². The Kier molecular flexibility index (Phi) is 8.92. The van der Waals surface area contributed by atoms with Gasteiger partial charge in [-0.15, -0.1) is 0 Å². The molecule has 2 unspecified atom stereocenters. The average molecular weight is 520 g/mol. The van der Waals surface area contributed by atoms with Gasteiger partial charge in [0.05, 0.1) is 25.6 Å². The standard InChI is InChI=1S/C30H41N5O3/c1-21(18-27(36)38-4)30(34-29(37)35(2)3,20-32-28-31-19-24-12-8-9-13-26(24)33-28)25-16-14-23(15-17-25)22-10-6-5-7-11-22/h8-9,12-17,21-22H,5-7,10-11,18-20H2,1-4H3,(H,34,37)(H2,31,32,33). The Morgan fingerprint density at radius 3 is 2.50 bits per heavy atom. The zero-order valence-corrected chi connectivity index (χ0v) is 23.0. The number of esters is 1. The number of urea groups is 1. The molecule has 8 heteroatoms. The van der Waals surface area contributed by atoms with E-state index in [1.807, 2.05) is 25.1 Å². The number of ether oxygens (including phenoxy) is 1. The lowest BCUT2D eigenvalue weighted by Gasteiger charge is -2.41. The van der Waals surface area contributed by atoms with Gasteiger partial charge in [0, 0.05) is 26.3 Å². The molecule has 1 saturated carbocycles. The molecule has 1 fully saturated rings. The summed E-state index contributed by atoms with van der Waals surface area (Å²) in [5, 5.41) is 10.1. The SMILES string of the molecule is COC(=O)CC(C)C(CNC1=NCc2ccccc2N1)(NC(=O)N(C)C)c1ccc(C2CCCCC2)cc1. The smallest absolute Gasteiger partial charge is 0.317 e. The fourth-order valence-electron chi connectivity index (χ4n) is 5.53. The van der Waals surface area contributed by atoms with Crippen LogP contribution in [-0.2, 0) is 21.6 Å². The van der Waals surface area contributed by atoms with Gasteiger partial charge in [-0.1, -0.05) is 68.7 Å². The highest BCUT2D eigenvalue weighted by Crippen LogP contribution is 2.36. The quantitative estimate of drug-likeness (QED) is 0.428. The summed E-state index contributed by atoms with van der Waals surface area (Å²) in [6, 6.07) is 16.4. The molecule has 2 atom stereocenters. The molecule has 0 radical (unpaired) electrons. The number of hydrogen-bond donors (Lipinski definition) is 3. The van der Waals surface area contributed by atoms with Crippen molar-refractivity contribution in [3.05, 3.63) is 65.2 Å². The molecule has 8 nitrogen and oxygen atoms in total. The zero-order valence-electron chi connectivity index (χ0n) is 23.0. The van der Waals surface area contributed by atoms with Crippen LogP contribution in [0.15, 0.2) is 53.5 Å². The molecule has 0 aromatic heterocycles. The molecule has 2 aromatic rings. The highest BCUT2D eigenvalue weighted by molar-refractivity contribution is 5.95. The molecule has 0 saturated heterocycles. The number of rotatable bonds is 8. The van der Waals surface area contributed by atoms with E-state index in [4.69, 9.17) is 4.74 Å². The van der Waals surface area contributed by atoms with E-state index in [0.717, 1.165) is 16.8 Å². The largest absolute Gasteiger partial charge is 0.469 e. The third-order valence-electron chi connectivity index (χ3n) is 7.99. The van der Waals surface area contributed by atoms with Gasteiger partial charge < -0.3 is 25.6 Å². The highest BCUT2D eigenvalue weighted by Gasteiger charge is 2.41. The molecule has 4 rings (SSSR count). The topological polar surface area (TPSA) is 95.1 Å². The summed E-state index contributed by atoms with van der Waals surface area (Å²) < 4.78 is 5.02. The summed E-state index contributed by atoms with van der Waals surface area (Å²) in [6.45, 7) is 2.88. The normalized spacial score (nSPS) is 17.6. The first-order valence-electron chi connectivity index (χ1n) is 13.6. The van der Waals surface area contributed by atoms with Gasteiger partial charge in [0.25, 0.3) is 0 Å². The van der Waals surface area contributed by atoms with Gasteiger partial charge in [-0.25, -0.2) is 9.79 Å². The molecule has 1 heterocycles. The first kappa shape index (κ1) is 27.5. The number of amides is 2. The predicted molar refractivity (Wildman–Crippen MR) is 151 cm³/mol. The van der Waals surface area contributed by atoms with E-state index in [0.29, 0.717) is 25.0 Å². The van der Waals surface area contributed by atoms with Crippen LogP contribution in [0.1, 0.15) is 68.1 Å². The van der Waals surface area contributed by atoms with Crippen molar-refractivity contribution < 1.29 is 14.3 Å². The van der Waals surface area contributed by atoms with Gasteiger partial charge in [-0.05, 0) is 47.4 Å². The van der Waals surface area contributed by atoms with Crippen molar-refractivity contribution in [2.45, 2.75) is 63.5 Å². The van der Waals surface area contributed by atoms with Crippen LogP contribution in [-0.4, -0.2) is 50.6 Å². The molecule has 2 aromatic carbocycles. The van der Waals surface area contributed by atoms with Crippen molar-refractivity contribution in [1.29, 1.82) is 0 Å². The van der Waals surface area contributed by atoms with Crippen molar-refractivity contribution in [3.8, 4) is 0 Å². The highest BCUT2D eigenvalue weighted by atomic mass is 16.5. The molecule has 1 aliphatic heterocycles. The number of carbonyl (C=O) groups excluding carboxylic acids is 2. The van der Waals surface area contributed by atoms with E-state index in [2.05, 4.69) is 51.3 Å². The Hall–Kier alpha value is -3.55. The fraction of sp³-hybridized carbons (Fsp3) is 0.500. The summed E-state index contributed by atoms with van der Waals surface area (Å²) in [5.41, 5.74) is 3.51. The van der Waals surface area contributed by atoms with Crippen molar-refractivity contribution >= 4 is 23.6 Å². The average Bonchev–Trinajstić information content (AvgIpc) is 2.95. The summed E-state index contributed by atoms with van der Waals surface area (Å²) in [6.07, 6.45) is 6.44. The third-order valence-corrected chi connectivity index (χ3v) is 7.99. The van der Waals surface area contributed by atoms with Gasteiger partial charge in [-0.3, -0.25) is 4.79 Å². The molecule has 1 aliphatic carbocycles. The third kappa shape index (κ3) is 6.29. The maximum absolute atomic E-state index is 13.1. The van der Waals surface area contributed by atoms with E-state index in [1.165, 1.54) is 49.7 Å². The van der Waals surface area contributed by atoms with Gasteiger partial charge >= 0.3 is 12.0 Å². The summed E-state index contributed by atoms with van der Waals surface area (Å²) in [4.78, 5) is 31.8. The number of fused-ring (bicyclic) bond motifs is 1. The number of carbonyl (C=O) groups is 2. The molecular formula is C30H41N5O3. The van der Waals surface area contributed by atoms with E-state index in [9.17, 15) is 9.59 Å². The van der Waals surface area contributed by atoms with Gasteiger partial charge in [0.1, 0.15) is 0 Å². The van der Waals surface area contributed by atoms with Crippen LogP contribution in [0.25, 0.3) is 0 Å². The molecular weight excluding hydrogens is 478 g/mol. The lowest BCUT2D eigenvalue weighted by Crippen LogP contribution is -2.59. The second-order valence-corrected chi connectivity index (χ2v) is 10.7. The minimum absolute atomic E-state index is 0.152. The Labute approximate surface area is 226 Å². The monoisotopic (exact) mass is 519 g/mol. The van der Waals surface area contributed by atoms with Crippen LogP contribution in [0.4, 0.5) is 10.5 Å². The van der Waals surface area contributed by atoms with Crippen LogP contribution in [0.3, 0.4) is 0 Å². The predicted octanol–water partition coefficient (Wildman–Crippen LogP) is 4.97. The number of nitrogens with zero attached hydrogens (tertiary/aromatic N) is 2. The maximum Gasteiger partial charge on any atom is 0.317 e. The molecule has 204 valence electrons. The molecule has 38 heavy (non-hydrogen) atoms. The van der Waals surface area contributed by atoms with Crippen molar-refractivity contribution in [1.82, 2.24) is 15.5 Å². The number of aliphatic imine (C=N–C) groups is 1. The Bertz CT molecular complexity index is 1140. The van der Waals surface area contributed by atoms with E-state index in [1.54, 1.807) is 14.1 Å². The Balaban J connectivity index is 1.67. The first-order chi connectivity index (χ1) is 18.3. The van der Waals surface area contributed by atoms with Crippen LogP contribution in [0, 0.1) is 5.92 Å². The lowest BCUT2D eigenvalue weighted by molar-refractivity contribution is -0.142. The minimum Gasteiger partial charge on any atom is -0.469 e. The molecule has 2 amide bonds. The fourth-order valence-corrected chi connectivity index (χ4v) is 5.53. The number of nitrogens with one attached hydrogen (secondary N) is 3. The summed E-state index contributed by atoms with van der Waals surface area (Å²) in [7, 11) is 4.83. The summed E-state index contributed by atoms with van der Waals surface area (Å²) in [5.74, 6) is 0.622. The van der Waals surface area contributed by atoms with Crippen molar-refractivity contribution in [2.24, 2.45) is 10.9 Å². The van der Waals surface area contributed by atoms with Gasteiger partial charge in [0.2, 0.25) is 0 Å². The number of benzene rings is 2. The zero-order chi connectivity index (χ0) is 27.1. The van der Waals surface area contributed by atoms with Crippen LogP contribution in [0.5, 0.6) is 0 Å². The molecule has 0 bridgehead atoms. The van der Waals surface area contributed by atoms with Crippen molar-refractivity contribution in [3.63, 3.8) is 0 Å². The maximum atomic E-state index is 13.1. The Morgan fingerprint density at radius 2 is 1.82 bits per heavy atom. The summed E-state index contributed by atoms with van der Waals surface area (Å²) >= 11 is 0. The Morgan fingerprint density at radius 1 is 1.11 bits per heavy atom. The number of anilines is 1. The van der Waals surface area contributed by atoms with E-state index < -0.39 is 5.54 Å². The lowest BCUT2D eigenvalue weighted by atomic mass is 9.75. The molecule has 3 N–H and O–H groups in total. The second-order valence-electron chi connectivity index (χ2n) is 10.7. The molecule has 0 spiro atoms. The number of methoxy groups -OCH3 is 1. The number of hydrogen-bond acceptors (Lipinski definition) is 6. The van der Waals surface area contributed by atoms with Crippen LogP contribution in [0.2, 0.25) is 0 Å². The van der Waals surface area contributed by atoms with Crippen LogP contribution >= 0.6 is 0 Å². The second kappa shape index (κ2) is 12.3. The van der Waals surface area contributed by atoms with Crippen LogP contribution < -0.4 is 16.0 Å².